The maximum Gasteiger partial charge on any atom is 0.258 e. The number of halogens is 1. The number of likely N-dealkylation sites (tertiary alicyclic amines) is 2. The van der Waals surface area contributed by atoms with Gasteiger partial charge in [-0.2, -0.15) is 0 Å². The fourth-order valence-electron chi connectivity index (χ4n) is 5.18. The minimum atomic E-state index is -0.409. The van der Waals surface area contributed by atoms with Crippen molar-refractivity contribution in [3.63, 3.8) is 0 Å². The van der Waals surface area contributed by atoms with Crippen molar-refractivity contribution in [2.24, 2.45) is 5.73 Å². The fraction of sp³-hybridized carbons (Fsp3) is 0.407. The number of carbonyl (C=O) groups is 2. The van der Waals surface area contributed by atoms with Gasteiger partial charge in [-0.15, -0.1) is 0 Å². The molecule has 0 saturated carbocycles. The summed E-state index contributed by atoms with van der Waals surface area (Å²) < 4.78 is 21.4. The van der Waals surface area contributed by atoms with Crippen LogP contribution in [0.4, 0.5) is 21.5 Å². The van der Waals surface area contributed by atoms with E-state index >= 15 is 4.39 Å². The monoisotopic (exact) mass is 493 g/mol. The third-order valence-electron chi connectivity index (χ3n) is 7.06. The van der Waals surface area contributed by atoms with Crippen LogP contribution in [0.1, 0.15) is 24.8 Å². The van der Waals surface area contributed by atoms with Crippen LogP contribution >= 0.6 is 0 Å². The van der Waals surface area contributed by atoms with Gasteiger partial charge in [0.05, 0.1) is 16.9 Å². The second kappa shape index (κ2) is 10.3. The summed E-state index contributed by atoms with van der Waals surface area (Å²) in [5, 5.41) is 3.24. The molecular formula is C27H32FN5O3. The number of para-hydroxylation sites is 2. The SMILES string of the molecule is Cc1cc(F)c(NCCN2CCCC2)c2c1N(/C=C(\C=O)C(=O)N1CCC(N)C1)c1ccccc1O2. The topological polar surface area (TPSA) is 91.1 Å². The van der Waals surface area contributed by atoms with E-state index in [9.17, 15) is 9.59 Å². The number of benzene rings is 2. The molecule has 1 unspecified atom stereocenters. The highest BCUT2D eigenvalue weighted by Crippen LogP contribution is 2.52. The second-order valence-electron chi connectivity index (χ2n) is 9.65. The molecule has 2 saturated heterocycles. The molecular weight excluding hydrogens is 461 g/mol. The maximum absolute atomic E-state index is 15.2. The molecule has 36 heavy (non-hydrogen) atoms. The number of rotatable bonds is 7. The van der Waals surface area contributed by atoms with Gasteiger partial charge in [-0.25, -0.2) is 4.39 Å². The summed E-state index contributed by atoms with van der Waals surface area (Å²) in [6, 6.07) is 8.68. The number of anilines is 3. The maximum atomic E-state index is 15.2. The number of nitrogens with zero attached hydrogens (tertiary/aromatic N) is 3. The highest BCUT2D eigenvalue weighted by molar-refractivity contribution is 6.11. The van der Waals surface area contributed by atoms with Crippen LogP contribution in [-0.2, 0) is 9.59 Å². The molecule has 0 bridgehead atoms. The summed E-state index contributed by atoms with van der Waals surface area (Å²) in [5.74, 6) is 0.0698. The Hall–Kier alpha value is -3.43. The van der Waals surface area contributed by atoms with Crippen LogP contribution in [0.15, 0.2) is 42.1 Å². The van der Waals surface area contributed by atoms with E-state index in [1.807, 2.05) is 18.2 Å². The number of nitrogens with one attached hydrogen (secondary N) is 1. The number of amides is 1. The zero-order valence-corrected chi connectivity index (χ0v) is 20.5. The van der Waals surface area contributed by atoms with E-state index in [2.05, 4.69) is 10.2 Å². The molecule has 0 aromatic heterocycles. The summed E-state index contributed by atoms with van der Waals surface area (Å²) >= 11 is 0. The zero-order chi connectivity index (χ0) is 25.2. The van der Waals surface area contributed by atoms with E-state index in [0.29, 0.717) is 60.8 Å². The molecule has 8 nitrogen and oxygen atoms in total. The average Bonchev–Trinajstić information content (AvgIpc) is 3.55. The van der Waals surface area contributed by atoms with Crippen molar-refractivity contribution in [3.05, 3.63) is 53.5 Å². The Balaban J connectivity index is 1.52. The Morgan fingerprint density at radius 1 is 1.25 bits per heavy atom. The molecule has 0 spiro atoms. The number of carbonyl (C=O) groups excluding carboxylic acids is 2. The highest BCUT2D eigenvalue weighted by Gasteiger charge is 2.32. The summed E-state index contributed by atoms with van der Waals surface area (Å²) in [6.45, 7) is 6.21. The van der Waals surface area contributed by atoms with Crippen LogP contribution < -0.4 is 20.7 Å². The van der Waals surface area contributed by atoms with Gasteiger partial charge in [0.1, 0.15) is 5.69 Å². The van der Waals surface area contributed by atoms with Gasteiger partial charge in [0.2, 0.25) is 0 Å². The standard InChI is InChI=1S/C27H32FN5O3/c1-18-14-21(28)24(30-9-13-31-10-4-5-11-31)26-25(18)33(22-6-2-3-7-23(22)36-26)15-19(17-34)27(35)32-12-8-20(29)16-32/h2-3,6-7,14-15,17,20,30H,4-5,8-13,16,29H2,1H3/b19-15+. The molecule has 3 N–H and O–H groups in total. The van der Waals surface area contributed by atoms with E-state index in [4.69, 9.17) is 10.5 Å². The quantitative estimate of drug-likeness (QED) is 0.264. The predicted octanol–water partition coefficient (Wildman–Crippen LogP) is 3.53. The smallest absolute Gasteiger partial charge is 0.258 e. The minimum Gasteiger partial charge on any atom is -0.451 e. The van der Waals surface area contributed by atoms with E-state index < -0.39 is 5.82 Å². The Labute approximate surface area is 210 Å². The molecule has 1 amide bonds. The molecule has 2 aromatic rings. The first-order valence-electron chi connectivity index (χ1n) is 12.5. The van der Waals surface area contributed by atoms with Crippen molar-refractivity contribution >= 4 is 29.3 Å². The lowest BCUT2D eigenvalue weighted by atomic mass is 10.1. The van der Waals surface area contributed by atoms with Crippen molar-refractivity contribution in [1.29, 1.82) is 0 Å². The molecule has 3 heterocycles. The van der Waals surface area contributed by atoms with Gasteiger partial charge >= 0.3 is 0 Å². The first-order valence-corrected chi connectivity index (χ1v) is 12.5. The molecule has 5 rings (SSSR count). The van der Waals surface area contributed by atoms with Crippen molar-refractivity contribution in [3.8, 4) is 11.5 Å². The van der Waals surface area contributed by atoms with Gasteiger partial charge < -0.3 is 30.5 Å². The first kappa shape index (κ1) is 24.3. The predicted molar refractivity (Wildman–Crippen MR) is 137 cm³/mol. The lowest BCUT2D eigenvalue weighted by Gasteiger charge is -2.33. The van der Waals surface area contributed by atoms with Crippen LogP contribution in [-0.4, -0.2) is 67.3 Å². The van der Waals surface area contributed by atoms with Crippen LogP contribution in [0.25, 0.3) is 0 Å². The van der Waals surface area contributed by atoms with Crippen LogP contribution in [0.2, 0.25) is 0 Å². The lowest BCUT2D eigenvalue weighted by Crippen LogP contribution is -2.34. The molecule has 190 valence electrons. The largest absolute Gasteiger partial charge is 0.451 e. The number of aryl methyl sites for hydroxylation is 1. The zero-order valence-electron chi connectivity index (χ0n) is 20.5. The van der Waals surface area contributed by atoms with Gasteiger partial charge in [0.15, 0.2) is 23.6 Å². The van der Waals surface area contributed by atoms with Gasteiger partial charge in [-0.1, -0.05) is 12.1 Å². The Bertz CT molecular complexity index is 1190. The number of hydrogen-bond donors (Lipinski definition) is 2. The summed E-state index contributed by atoms with van der Waals surface area (Å²) in [7, 11) is 0. The summed E-state index contributed by atoms with van der Waals surface area (Å²) in [5.41, 5.74) is 8.11. The van der Waals surface area contributed by atoms with E-state index in [1.165, 1.54) is 25.1 Å². The van der Waals surface area contributed by atoms with Crippen molar-refractivity contribution in [2.75, 3.05) is 49.5 Å². The Kier molecular flexibility index (Phi) is 6.93. The number of hydrogen-bond acceptors (Lipinski definition) is 7. The van der Waals surface area contributed by atoms with Gasteiger partial charge in [0, 0.05) is 38.4 Å². The number of fused-ring (bicyclic) bond motifs is 2. The van der Waals surface area contributed by atoms with Crippen LogP contribution in [0, 0.1) is 12.7 Å². The van der Waals surface area contributed by atoms with Crippen molar-refractivity contribution < 1.29 is 18.7 Å². The Morgan fingerprint density at radius 3 is 2.75 bits per heavy atom. The molecule has 3 aliphatic heterocycles. The summed E-state index contributed by atoms with van der Waals surface area (Å²) in [4.78, 5) is 30.9. The second-order valence-corrected chi connectivity index (χ2v) is 9.65. The van der Waals surface area contributed by atoms with Crippen LogP contribution in [0.3, 0.4) is 0 Å². The number of nitrogens with two attached hydrogens (primary N) is 1. The summed E-state index contributed by atoms with van der Waals surface area (Å²) in [6.07, 6.45) is 5.18. The lowest BCUT2D eigenvalue weighted by molar-refractivity contribution is -0.127. The third-order valence-corrected chi connectivity index (χ3v) is 7.06. The van der Waals surface area contributed by atoms with Gasteiger partial charge in [-0.3, -0.25) is 9.59 Å². The van der Waals surface area contributed by atoms with E-state index in [1.54, 1.807) is 22.8 Å². The average molecular weight is 494 g/mol. The van der Waals surface area contributed by atoms with Crippen molar-refractivity contribution in [1.82, 2.24) is 9.80 Å². The number of aldehydes is 1. The first-order chi connectivity index (χ1) is 17.5. The van der Waals surface area contributed by atoms with E-state index in [0.717, 1.165) is 19.6 Å². The minimum absolute atomic E-state index is 0.000907. The highest BCUT2D eigenvalue weighted by atomic mass is 19.1. The molecule has 9 heteroatoms. The fourth-order valence-corrected chi connectivity index (χ4v) is 5.18. The van der Waals surface area contributed by atoms with Gasteiger partial charge in [0.25, 0.3) is 5.91 Å². The molecule has 3 aliphatic rings. The molecule has 2 fully saturated rings. The van der Waals surface area contributed by atoms with Crippen molar-refractivity contribution in [2.45, 2.75) is 32.2 Å². The Morgan fingerprint density at radius 2 is 2.03 bits per heavy atom. The van der Waals surface area contributed by atoms with Gasteiger partial charge in [-0.05, 0) is 63.0 Å². The molecule has 0 aliphatic carbocycles. The normalized spacial score (nSPS) is 19.6. The third kappa shape index (κ3) is 4.68. The van der Waals surface area contributed by atoms with E-state index in [-0.39, 0.29) is 23.2 Å². The molecule has 2 aromatic carbocycles. The number of ether oxygens (including phenoxy) is 1. The molecule has 1 atom stereocenters. The van der Waals surface area contributed by atoms with Crippen LogP contribution in [0.5, 0.6) is 11.5 Å². The molecule has 0 radical (unpaired) electrons.